The van der Waals surface area contributed by atoms with Gasteiger partial charge in [-0.15, -0.1) is 0 Å². The van der Waals surface area contributed by atoms with Crippen LogP contribution in [0.4, 0.5) is 0 Å². The molecule has 1 aromatic carbocycles. The molecule has 1 aromatic rings. The molecule has 0 heterocycles. The van der Waals surface area contributed by atoms with E-state index in [1.807, 2.05) is 30.3 Å². The van der Waals surface area contributed by atoms with Crippen molar-refractivity contribution in [3.63, 3.8) is 0 Å². The van der Waals surface area contributed by atoms with Crippen LogP contribution in [-0.4, -0.2) is 24.2 Å². The van der Waals surface area contributed by atoms with E-state index in [9.17, 15) is 4.79 Å². The van der Waals surface area contributed by atoms with Gasteiger partial charge in [0.1, 0.15) is 0 Å². The Balaban J connectivity index is 1.73. The lowest BCUT2D eigenvalue weighted by Gasteiger charge is -2.15. The Bertz CT molecular complexity index is 473. The molecular formula is C16H19NO2. The molecule has 0 bridgehead atoms. The molecular weight excluding hydrogens is 238 g/mol. The van der Waals surface area contributed by atoms with Gasteiger partial charge in [-0.25, -0.2) is 0 Å². The average Bonchev–Trinajstić information content (AvgIpc) is 2.88. The molecule has 0 saturated heterocycles. The molecule has 0 amide bonds. The fourth-order valence-electron chi connectivity index (χ4n) is 2.59. The molecule has 1 aliphatic carbocycles. The third-order valence-electron chi connectivity index (χ3n) is 3.60. The Morgan fingerprint density at radius 3 is 2.84 bits per heavy atom. The molecule has 1 aliphatic rings. The first-order valence-electron chi connectivity index (χ1n) is 6.75. The average molecular weight is 257 g/mol. The molecule has 2 atom stereocenters. The van der Waals surface area contributed by atoms with Gasteiger partial charge in [-0.3, -0.25) is 4.79 Å². The second kappa shape index (κ2) is 6.96. The largest absolute Gasteiger partial charge is 0.481 e. The molecule has 0 aromatic heterocycles. The third-order valence-corrected chi connectivity index (χ3v) is 3.60. The highest BCUT2D eigenvalue weighted by Crippen LogP contribution is 2.31. The molecule has 2 rings (SSSR count). The summed E-state index contributed by atoms with van der Waals surface area (Å²) in [5.74, 6) is 5.57. The molecule has 0 spiro atoms. The van der Waals surface area contributed by atoms with Crippen LogP contribution in [-0.2, 0) is 4.79 Å². The summed E-state index contributed by atoms with van der Waals surface area (Å²) in [6, 6.07) is 9.85. The molecule has 19 heavy (non-hydrogen) atoms. The summed E-state index contributed by atoms with van der Waals surface area (Å²) in [7, 11) is 0. The number of carboxylic acids is 1. The molecule has 3 heteroatoms. The Labute approximate surface area is 114 Å². The highest BCUT2D eigenvalue weighted by atomic mass is 16.4. The second-order valence-corrected chi connectivity index (χ2v) is 4.93. The summed E-state index contributed by atoms with van der Waals surface area (Å²) in [4.78, 5) is 11.0. The lowest BCUT2D eigenvalue weighted by molar-refractivity contribution is -0.142. The fourth-order valence-corrected chi connectivity index (χ4v) is 2.59. The van der Waals surface area contributed by atoms with Crippen molar-refractivity contribution in [1.82, 2.24) is 5.32 Å². The highest BCUT2D eigenvalue weighted by Gasteiger charge is 2.32. The number of hydrogen-bond acceptors (Lipinski definition) is 2. The standard InChI is InChI=1S/C16H19NO2/c18-16(19)15-10-4-9-14(15)12-17-11-5-8-13-6-2-1-3-7-13/h1-3,6-7,14-15,17H,4,9-12H2,(H,18,19). The smallest absolute Gasteiger partial charge is 0.306 e. The zero-order chi connectivity index (χ0) is 13.5. The zero-order valence-corrected chi connectivity index (χ0v) is 10.9. The van der Waals surface area contributed by atoms with Crippen molar-refractivity contribution in [2.75, 3.05) is 13.1 Å². The first-order valence-corrected chi connectivity index (χ1v) is 6.75. The van der Waals surface area contributed by atoms with Crippen molar-refractivity contribution >= 4 is 5.97 Å². The van der Waals surface area contributed by atoms with Crippen LogP contribution in [0.3, 0.4) is 0 Å². The first kappa shape index (κ1) is 13.6. The molecule has 2 unspecified atom stereocenters. The van der Waals surface area contributed by atoms with Gasteiger partial charge in [0, 0.05) is 5.56 Å². The van der Waals surface area contributed by atoms with Gasteiger partial charge < -0.3 is 10.4 Å². The van der Waals surface area contributed by atoms with E-state index in [4.69, 9.17) is 5.11 Å². The topological polar surface area (TPSA) is 49.3 Å². The number of carboxylic acid groups (broad SMARTS) is 1. The van der Waals surface area contributed by atoms with Gasteiger partial charge in [-0.1, -0.05) is 36.5 Å². The maximum Gasteiger partial charge on any atom is 0.306 e. The van der Waals surface area contributed by atoms with Gasteiger partial charge in [-0.2, -0.15) is 0 Å². The minimum atomic E-state index is -0.653. The van der Waals surface area contributed by atoms with Crippen molar-refractivity contribution in [3.05, 3.63) is 35.9 Å². The summed E-state index contributed by atoms with van der Waals surface area (Å²) in [5, 5.41) is 12.3. The van der Waals surface area contributed by atoms with Crippen molar-refractivity contribution in [2.45, 2.75) is 19.3 Å². The normalized spacial score (nSPS) is 21.7. The molecule has 3 nitrogen and oxygen atoms in total. The van der Waals surface area contributed by atoms with E-state index < -0.39 is 5.97 Å². The second-order valence-electron chi connectivity index (χ2n) is 4.93. The van der Waals surface area contributed by atoms with Gasteiger partial charge in [0.25, 0.3) is 0 Å². The van der Waals surface area contributed by atoms with Crippen molar-refractivity contribution in [1.29, 1.82) is 0 Å². The number of hydrogen-bond donors (Lipinski definition) is 2. The summed E-state index contributed by atoms with van der Waals surface area (Å²) < 4.78 is 0. The predicted molar refractivity (Wildman–Crippen MR) is 74.7 cm³/mol. The summed E-state index contributed by atoms with van der Waals surface area (Å²) in [5.41, 5.74) is 1.01. The summed E-state index contributed by atoms with van der Waals surface area (Å²) >= 11 is 0. The van der Waals surface area contributed by atoms with E-state index in [1.165, 1.54) is 0 Å². The Morgan fingerprint density at radius 1 is 1.32 bits per heavy atom. The number of nitrogens with one attached hydrogen (secondary N) is 1. The fraction of sp³-hybridized carbons (Fsp3) is 0.438. The van der Waals surface area contributed by atoms with E-state index in [-0.39, 0.29) is 11.8 Å². The zero-order valence-electron chi connectivity index (χ0n) is 10.9. The van der Waals surface area contributed by atoms with E-state index in [0.717, 1.165) is 31.4 Å². The van der Waals surface area contributed by atoms with Crippen LogP contribution in [0.2, 0.25) is 0 Å². The lowest BCUT2D eigenvalue weighted by atomic mass is 9.96. The van der Waals surface area contributed by atoms with E-state index in [0.29, 0.717) is 6.54 Å². The first-order chi connectivity index (χ1) is 9.27. The quantitative estimate of drug-likeness (QED) is 0.641. The van der Waals surface area contributed by atoms with Crippen molar-refractivity contribution < 1.29 is 9.90 Å². The van der Waals surface area contributed by atoms with Gasteiger partial charge >= 0.3 is 5.97 Å². The van der Waals surface area contributed by atoms with Crippen LogP contribution >= 0.6 is 0 Å². The monoisotopic (exact) mass is 257 g/mol. The minimum absolute atomic E-state index is 0.172. The van der Waals surface area contributed by atoms with E-state index >= 15 is 0 Å². The molecule has 0 radical (unpaired) electrons. The van der Waals surface area contributed by atoms with Gasteiger partial charge in [-0.05, 0) is 37.4 Å². The maximum atomic E-state index is 11.0. The van der Waals surface area contributed by atoms with Gasteiger partial charge in [0.05, 0.1) is 12.5 Å². The molecule has 2 N–H and O–H groups in total. The molecule has 0 aliphatic heterocycles. The number of rotatable bonds is 4. The highest BCUT2D eigenvalue weighted by molar-refractivity contribution is 5.70. The SMILES string of the molecule is O=C(O)C1CCCC1CNCC#Cc1ccccc1. The van der Waals surface area contributed by atoms with E-state index in [1.54, 1.807) is 0 Å². The Morgan fingerprint density at radius 2 is 2.11 bits per heavy atom. The minimum Gasteiger partial charge on any atom is -0.481 e. The van der Waals surface area contributed by atoms with Crippen molar-refractivity contribution in [2.24, 2.45) is 11.8 Å². The van der Waals surface area contributed by atoms with Crippen LogP contribution in [0, 0.1) is 23.7 Å². The van der Waals surface area contributed by atoms with Gasteiger partial charge in [0.2, 0.25) is 0 Å². The number of carbonyl (C=O) groups is 1. The van der Waals surface area contributed by atoms with Crippen LogP contribution < -0.4 is 5.32 Å². The van der Waals surface area contributed by atoms with Crippen LogP contribution in [0.1, 0.15) is 24.8 Å². The Kier molecular flexibility index (Phi) is 5.00. The molecule has 100 valence electrons. The van der Waals surface area contributed by atoms with Crippen molar-refractivity contribution in [3.8, 4) is 11.8 Å². The predicted octanol–water partition coefficient (Wildman–Crippen LogP) is 2.13. The maximum absolute atomic E-state index is 11.0. The lowest BCUT2D eigenvalue weighted by Crippen LogP contribution is -2.29. The molecule has 1 fully saturated rings. The number of aliphatic carboxylic acids is 1. The van der Waals surface area contributed by atoms with Gasteiger partial charge in [0.15, 0.2) is 0 Å². The molecule has 1 saturated carbocycles. The van der Waals surface area contributed by atoms with Crippen LogP contribution in [0.15, 0.2) is 30.3 Å². The number of benzene rings is 1. The Hall–Kier alpha value is -1.79. The third kappa shape index (κ3) is 4.11. The van der Waals surface area contributed by atoms with Crippen LogP contribution in [0.5, 0.6) is 0 Å². The summed E-state index contributed by atoms with van der Waals surface area (Å²) in [6.45, 7) is 1.36. The van der Waals surface area contributed by atoms with E-state index in [2.05, 4.69) is 17.2 Å². The summed E-state index contributed by atoms with van der Waals surface area (Å²) in [6.07, 6.45) is 2.85. The van der Waals surface area contributed by atoms with Crippen LogP contribution in [0.25, 0.3) is 0 Å².